The predicted molar refractivity (Wildman–Crippen MR) is 89.7 cm³/mol. The van der Waals surface area contributed by atoms with E-state index in [4.69, 9.17) is 18.9 Å². The molecule has 2 aliphatic rings. The second-order valence-electron chi connectivity index (χ2n) is 6.58. The number of halogens is 4. The highest BCUT2D eigenvalue weighted by atomic mass is 19.3. The standard InChI is InChI=1S/C19H22F4O5/c1-2-3-4-11-7-24-18(25-8-11)13-9-26-17(27-10-13)12-5-14(20)16(15(21)6-12)28-19(22)23/h3-6,11,13,17-19H,2,7-10H2,1H3/b4-3+. The molecule has 2 heterocycles. The quantitative estimate of drug-likeness (QED) is 0.524. The van der Waals surface area contributed by atoms with Gasteiger partial charge >= 0.3 is 6.61 Å². The van der Waals surface area contributed by atoms with Gasteiger partial charge in [0.05, 0.1) is 32.3 Å². The van der Waals surface area contributed by atoms with E-state index in [1.807, 2.05) is 6.92 Å². The van der Waals surface area contributed by atoms with Crippen LogP contribution in [0.3, 0.4) is 0 Å². The van der Waals surface area contributed by atoms with E-state index in [1.54, 1.807) is 0 Å². The second kappa shape index (κ2) is 9.69. The molecule has 0 bridgehead atoms. The molecule has 0 radical (unpaired) electrons. The van der Waals surface area contributed by atoms with Crippen LogP contribution in [-0.4, -0.2) is 39.3 Å². The summed E-state index contributed by atoms with van der Waals surface area (Å²) in [5.41, 5.74) is 0.0327. The number of alkyl halides is 2. The largest absolute Gasteiger partial charge is 0.429 e. The molecule has 0 saturated carbocycles. The maximum atomic E-state index is 13.9. The zero-order valence-corrected chi connectivity index (χ0v) is 15.3. The lowest BCUT2D eigenvalue weighted by molar-refractivity contribution is -0.280. The average molecular weight is 406 g/mol. The fourth-order valence-electron chi connectivity index (χ4n) is 3.03. The topological polar surface area (TPSA) is 46.2 Å². The van der Waals surface area contributed by atoms with E-state index in [2.05, 4.69) is 16.9 Å². The van der Waals surface area contributed by atoms with Gasteiger partial charge in [-0.15, -0.1) is 0 Å². The maximum Gasteiger partial charge on any atom is 0.387 e. The van der Waals surface area contributed by atoms with E-state index in [9.17, 15) is 17.6 Å². The van der Waals surface area contributed by atoms with Crippen molar-refractivity contribution in [2.45, 2.75) is 32.5 Å². The molecule has 0 amide bonds. The number of hydrogen-bond acceptors (Lipinski definition) is 5. The summed E-state index contributed by atoms with van der Waals surface area (Å²) in [4.78, 5) is 0. The van der Waals surface area contributed by atoms with Crippen molar-refractivity contribution in [3.8, 4) is 5.75 Å². The molecule has 156 valence electrons. The molecule has 28 heavy (non-hydrogen) atoms. The van der Waals surface area contributed by atoms with Gasteiger partial charge in [-0.05, 0) is 18.6 Å². The van der Waals surface area contributed by atoms with E-state index < -0.39 is 36.6 Å². The molecule has 9 heteroatoms. The van der Waals surface area contributed by atoms with Gasteiger partial charge in [0.15, 0.2) is 30.0 Å². The van der Waals surface area contributed by atoms with Gasteiger partial charge in [-0.1, -0.05) is 19.1 Å². The third-order valence-corrected chi connectivity index (χ3v) is 4.40. The minimum absolute atomic E-state index is 0.0327. The monoisotopic (exact) mass is 406 g/mol. The normalized spacial score (nSPS) is 28.8. The number of ether oxygens (including phenoxy) is 5. The van der Waals surface area contributed by atoms with Gasteiger partial charge in [0.2, 0.25) is 0 Å². The first-order valence-electron chi connectivity index (χ1n) is 9.04. The molecular weight excluding hydrogens is 384 g/mol. The van der Waals surface area contributed by atoms with Crippen LogP contribution in [-0.2, 0) is 18.9 Å². The van der Waals surface area contributed by atoms with Crippen LogP contribution in [0.15, 0.2) is 24.3 Å². The van der Waals surface area contributed by atoms with Crippen LogP contribution in [0.25, 0.3) is 0 Å². The number of allylic oxidation sites excluding steroid dienone is 1. The summed E-state index contributed by atoms with van der Waals surface area (Å²) in [6, 6.07) is 1.70. The molecule has 5 nitrogen and oxygen atoms in total. The van der Waals surface area contributed by atoms with Crippen LogP contribution in [0.5, 0.6) is 5.75 Å². The lowest BCUT2D eigenvalue weighted by atomic mass is 10.1. The van der Waals surface area contributed by atoms with Crippen LogP contribution in [0, 0.1) is 23.5 Å². The van der Waals surface area contributed by atoms with Gasteiger partial charge in [-0.3, -0.25) is 0 Å². The van der Waals surface area contributed by atoms with Crippen LogP contribution in [0.1, 0.15) is 25.2 Å². The van der Waals surface area contributed by atoms with Crippen molar-refractivity contribution in [2.75, 3.05) is 26.4 Å². The molecule has 0 aromatic heterocycles. The Bertz CT molecular complexity index is 645. The van der Waals surface area contributed by atoms with Crippen molar-refractivity contribution < 1.29 is 41.2 Å². The van der Waals surface area contributed by atoms with Gasteiger partial charge in [-0.25, -0.2) is 8.78 Å². The van der Waals surface area contributed by atoms with Crippen LogP contribution in [0.4, 0.5) is 17.6 Å². The third-order valence-electron chi connectivity index (χ3n) is 4.40. The molecule has 1 aromatic carbocycles. The molecule has 0 unspecified atom stereocenters. The number of rotatable bonds is 6. The van der Waals surface area contributed by atoms with Crippen LogP contribution >= 0.6 is 0 Å². The zero-order valence-electron chi connectivity index (χ0n) is 15.3. The van der Waals surface area contributed by atoms with Crippen molar-refractivity contribution in [3.63, 3.8) is 0 Å². The highest BCUT2D eigenvalue weighted by Gasteiger charge is 2.34. The van der Waals surface area contributed by atoms with Crippen molar-refractivity contribution in [3.05, 3.63) is 41.5 Å². The van der Waals surface area contributed by atoms with Gasteiger partial charge in [0, 0.05) is 11.5 Å². The second-order valence-corrected chi connectivity index (χ2v) is 6.58. The zero-order chi connectivity index (χ0) is 20.1. The molecule has 0 aliphatic carbocycles. The Balaban J connectivity index is 1.54. The minimum atomic E-state index is -3.33. The fraction of sp³-hybridized carbons (Fsp3) is 0.579. The number of hydrogen-bond donors (Lipinski definition) is 0. The molecule has 0 atom stereocenters. The third kappa shape index (κ3) is 5.22. The van der Waals surface area contributed by atoms with Gasteiger partial charge in [-0.2, -0.15) is 8.78 Å². The van der Waals surface area contributed by atoms with Crippen molar-refractivity contribution in [2.24, 2.45) is 11.8 Å². The lowest BCUT2D eigenvalue weighted by Gasteiger charge is -2.37. The summed E-state index contributed by atoms with van der Waals surface area (Å²) >= 11 is 0. The molecule has 0 spiro atoms. The Labute approximate surface area is 160 Å². The summed E-state index contributed by atoms with van der Waals surface area (Å²) in [6.45, 7) is 0.179. The Kier molecular flexibility index (Phi) is 7.28. The molecule has 2 aliphatic heterocycles. The molecule has 2 saturated heterocycles. The van der Waals surface area contributed by atoms with E-state index in [-0.39, 0.29) is 30.6 Å². The molecule has 2 fully saturated rings. The average Bonchev–Trinajstić information content (AvgIpc) is 2.69. The first-order valence-corrected chi connectivity index (χ1v) is 9.04. The molecule has 1 aromatic rings. The maximum absolute atomic E-state index is 13.9. The Morgan fingerprint density at radius 1 is 1.04 bits per heavy atom. The summed E-state index contributed by atoms with van der Waals surface area (Å²) in [5.74, 6) is -3.63. The van der Waals surface area contributed by atoms with E-state index >= 15 is 0 Å². The summed E-state index contributed by atoms with van der Waals surface area (Å²) in [5, 5.41) is 0. The Hall–Kier alpha value is -1.68. The Morgan fingerprint density at radius 2 is 1.64 bits per heavy atom. The van der Waals surface area contributed by atoms with Crippen molar-refractivity contribution >= 4 is 0 Å². The summed E-state index contributed by atoms with van der Waals surface area (Å²) in [7, 11) is 0. The molecular formula is C19H22F4O5. The van der Waals surface area contributed by atoms with Crippen LogP contribution in [0.2, 0.25) is 0 Å². The predicted octanol–water partition coefficient (Wildman–Crippen LogP) is 4.18. The van der Waals surface area contributed by atoms with Gasteiger partial charge in [0.25, 0.3) is 0 Å². The number of benzene rings is 1. The first-order chi connectivity index (χ1) is 13.5. The summed E-state index contributed by atoms with van der Waals surface area (Å²) < 4.78 is 78.5. The highest BCUT2D eigenvalue weighted by molar-refractivity contribution is 5.32. The Morgan fingerprint density at radius 3 is 2.18 bits per heavy atom. The van der Waals surface area contributed by atoms with E-state index in [1.165, 1.54) is 0 Å². The molecule has 3 rings (SSSR count). The first kappa shape index (κ1) is 21.0. The SMILES string of the molecule is CC/C=C/C1COC(C2COC(c3cc(F)c(OC(F)F)c(F)c3)OC2)OC1. The van der Waals surface area contributed by atoms with E-state index in [0.29, 0.717) is 13.2 Å². The molecule has 0 N–H and O–H groups in total. The van der Waals surface area contributed by atoms with Crippen LogP contribution < -0.4 is 4.74 Å². The lowest BCUT2D eigenvalue weighted by Crippen LogP contribution is -2.42. The van der Waals surface area contributed by atoms with Gasteiger partial charge < -0.3 is 23.7 Å². The summed E-state index contributed by atoms with van der Waals surface area (Å²) in [6.07, 6.45) is 3.56. The highest BCUT2D eigenvalue weighted by Crippen LogP contribution is 2.33. The van der Waals surface area contributed by atoms with Gasteiger partial charge in [0.1, 0.15) is 0 Å². The van der Waals surface area contributed by atoms with E-state index in [0.717, 1.165) is 18.6 Å². The van der Waals surface area contributed by atoms with Crippen molar-refractivity contribution in [1.82, 2.24) is 0 Å². The fourth-order valence-corrected chi connectivity index (χ4v) is 3.03. The minimum Gasteiger partial charge on any atom is -0.429 e. The van der Waals surface area contributed by atoms with Crippen molar-refractivity contribution in [1.29, 1.82) is 0 Å². The smallest absolute Gasteiger partial charge is 0.387 e.